The molecule has 3 N–H and O–H groups in total. The van der Waals surface area contributed by atoms with Crippen LogP contribution in [0.25, 0.3) is 5.70 Å². The van der Waals surface area contributed by atoms with Gasteiger partial charge >= 0.3 is 12.1 Å². The Bertz CT molecular complexity index is 1270. The van der Waals surface area contributed by atoms with Crippen LogP contribution < -0.4 is 10.6 Å². The number of carbonyl (C=O) groups excluding carboxylic acids is 1. The number of halogens is 4. The lowest BCUT2D eigenvalue weighted by Gasteiger charge is -2.40. The molecule has 2 heterocycles. The number of alkyl halides is 3. The van der Waals surface area contributed by atoms with Gasteiger partial charge in [-0.2, -0.15) is 13.2 Å². The highest BCUT2D eigenvalue weighted by atomic mass is 19.4. The van der Waals surface area contributed by atoms with E-state index in [0.29, 0.717) is 31.4 Å². The SMILES string of the molecule is NC(=C(COC1CC2CC[C@@H](C1)N2c1ccc(C(=O)O)cc1F)C(=O)C1CC1)c1ccccc1C(F)(F)F. The van der Waals surface area contributed by atoms with Gasteiger partial charge in [-0.05, 0) is 62.8 Å². The Hall–Kier alpha value is -3.40. The maximum absolute atomic E-state index is 14.8. The fourth-order valence-corrected chi connectivity index (χ4v) is 5.71. The number of piperidine rings is 1. The zero-order valence-electron chi connectivity index (χ0n) is 20.5. The highest BCUT2D eigenvalue weighted by Crippen LogP contribution is 2.42. The molecule has 5 rings (SSSR count). The molecule has 3 aliphatic rings. The Morgan fingerprint density at radius 1 is 1.03 bits per heavy atom. The average molecular weight is 533 g/mol. The summed E-state index contributed by atoms with van der Waals surface area (Å²) in [5, 5.41) is 9.12. The van der Waals surface area contributed by atoms with Crippen molar-refractivity contribution in [3.8, 4) is 0 Å². The number of Topliss-reactive ketones (excluding diaryl/α,β-unsaturated/α-hetero) is 1. The van der Waals surface area contributed by atoms with E-state index in [9.17, 15) is 27.2 Å². The maximum Gasteiger partial charge on any atom is 0.417 e. The number of carboxylic acid groups (broad SMARTS) is 1. The highest BCUT2D eigenvalue weighted by molar-refractivity contribution is 6.05. The van der Waals surface area contributed by atoms with Crippen molar-refractivity contribution in [1.29, 1.82) is 0 Å². The van der Waals surface area contributed by atoms with E-state index in [1.165, 1.54) is 30.3 Å². The first-order valence-electron chi connectivity index (χ1n) is 12.7. The van der Waals surface area contributed by atoms with E-state index in [4.69, 9.17) is 15.6 Å². The maximum atomic E-state index is 14.8. The van der Waals surface area contributed by atoms with Crippen molar-refractivity contribution in [2.75, 3.05) is 11.5 Å². The summed E-state index contributed by atoms with van der Waals surface area (Å²) in [5.74, 6) is -2.33. The molecular weight excluding hydrogens is 504 g/mol. The van der Waals surface area contributed by atoms with Gasteiger partial charge < -0.3 is 20.5 Å². The number of aromatic carboxylic acids is 1. The lowest BCUT2D eigenvalue weighted by Crippen LogP contribution is -2.46. The molecule has 2 saturated heterocycles. The van der Waals surface area contributed by atoms with E-state index in [1.807, 2.05) is 4.90 Å². The first kappa shape index (κ1) is 26.2. The van der Waals surface area contributed by atoms with Crippen molar-refractivity contribution >= 4 is 23.1 Å². The predicted octanol–water partition coefficient (Wildman–Crippen LogP) is 5.41. The van der Waals surface area contributed by atoms with Gasteiger partial charge in [0.1, 0.15) is 5.82 Å². The van der Waals surface area contributed by atoms with Crippen molar-refractivity contribution < 1.29 is 37.0 Å². The highest BCUT2D eigenvalue weighted by Gasteiger charge is 2.43. The molecule has 0 radical (unpaired) electrons. The van der Waals surface area contributed by atoms with Crippen molar-refractivity contribution in [3.63, 3.8) is 0 Å². The Labute approximate surface area is 217 Å². The third-order valence-electron chi connectivity index (χ3n) is 7.72. The molecule has 3 fully saturated rings. The summed E-state index contributed by atoms with van der Waals surface area (Å²) >= 11 is 0. The van der Waals surface area contributed by atoms with Crippen LogP contribution in [0.2, 0.25) is 0 Å². The van der Waals surface area contributed by atoms with Crippen LogP contribution >= 0.6 is 0 Å². The number of nitrogens with two attached hydrogens (primary N) is 1. The van der Waals surface area contributed by atoms with Crippen molar-refractivity contribution in [2.45, 2.75) is 62.9 Å². The summed E-state index contributed by atoms with van der Waals surface area (Å²) in [6, 6.07) is 8.73. The van der Waals surface area contributed by atoms with Crippen LogP contribution in [-0.2, 0) is 15.7 Å². The number of hydrogen-bond acceptors (Lipinski definition) is 5. The van der Waals surface area contributed by atoms with Gasteiger partial charge in [0.25, 0.3) is 0 Å². The van der Waals surface area contributed by atoms with Crippen LogP contribution in [0.3, 0.4) is 0 Å². The topological polar surface area (TPSA) is 92.9 Å². The van der Waals surface area contributed by atoms with Gasteiger partial charge in [-0.15, -0.1) is 0 Å². The van der Waals surface area contributed by atoms with Crippen LogP contribution in [-0.4, -0.2) is 41.7 Å². The molecule has 10 heteroatoms. The molecule has 2 bridgehead atoms. The van der Waals surface area contributed by atoms with Crippen LogP contribution in [0.15, 0.2) is 48.0 Å². The van der Waals surface area contributed by atoms with Gasteiger partial charge in [0.05, 0.1) is 29.5 Å². The smallest absolute Gasteiger partial charge is 0.417 e. The average Bonchev–Trinajstić information content (AvgIpc) is 3.69. The Morgan fingerprint density at radius 3 is 2.26 bits per heavy atom. The zero-order chi connectivity index (χ0) is 27.2. The molecule has 38 heavy (non-hydrogen) atoms. The van der Waals surface area contributed by atoms with Crippen LogP contribution in [0, 0.1) is 11.7 Å². The van der Waals surface area contributed by atoms with Gasteiger partial charge in [0.15, 0.2) is 5.78 Å². The normalized spacial score (nSPS) is 23.8. The third-order valence-corrected chi connectivity index (χ3v) is 7.72. The van der Waals surface area contributed by atoms with E-state index in [-0.39, 0.29) is 58.9 Å². The van der Waals surface area contributed by atoms with Gasteiger partial charge in [0.2, 0.25) is 0 Å². The standard InChI is InChI=1S/C28H28F4N2O4/c29-23-11-16(27(36)37)7-10-24(23)34-17-8-9-18(34)13-19(12-17)38-14-21(26(35)15-5-6-15)25(33)20-3-1-2-4-22(20)28(30,31)32/h1-4,7,10-11,15,17-19H,5-6,8-9,12-14,33H2,(H,36,37)/t17-,18?,19?/m0/s1. The molecule has 0 aromatic heterocycles. The number of ether oxygens (including phenoxy) is 1. The molecule has 3 atom stereocenters. The molecule has 0 spiro atoms. The minimum atomic E-state index is -4.63. The van der Waals surface area contributed by atoms with E-state index < -0.39 is 23.5 Å². The second kappa shape index (κ2) is 10.1. The number of fused-ring (bicyclic) bond motifs is 2. The van der Waals surface area contributed by atoms with Gasteiger partial charge in [-0.25, -0.2) is 9.18 Å². The zero-order valence-corrected chi connectivity index (χ0v) is 20.5. The summed E-state index contributed by atoms with van der Waals surface area (Å²) in [6.45, 7) is -0.195. The number of carbonyl (C=O) groups is 2. The molecule has 0 amide bonds. The van der Waals surface area contributed by atoms with Crippen molar-refractivity contribution in [1.82, 2.24) is 0 Å². The number of benzene rings is 2. The van der Waals surface area contributed by atoms with E-state index >= 15 is 0 Å². The molecule has 2 aromatic rings. The number of carboxylic acids is 1. The summed E-state index contributed by atoms with van der Waals surface area (Å²) < 4.78 is 61.8. The Morgan fingerprint density at radius 2 is 1.68 bits per heavy atom. The first-order valence-corrected chi connectivity index (χ1v) is 12.7. The number of hydrogen-bond donors (Lipinski definition) is 2. The van der Waals surface area contributed by atoms with Gasteiger partial charge in [-0.1, -0.05) is 18.2 Å². The number of ketones is 1. The molecule has 202 valence electrons. The summed E-state index contributed by atoms with van der Waals surface area (Å²) in [4.78, 5) is 26.2. The lowest BCUT2D eigenvalue weighted by molar-refractivity contribution is -0.137. The molecule has 1 saturated carbocycles. The second-order valence-electron chi connectivity index (χ2n) is 10.2. The fourth-order valence-electron chi connectivity index (χ4n) is 5.71. The van der Waals surface area contributed by atoms with E-state index in [0.717, 1.165) is 25.0 Å². The summed E-state index contributed by atoms with van der Waals surface area (Å²) in [7, 11) is 0. The van der Waals surface area contributed by atoms with Crippen molar-refractivity contribution in [2.24, 2.45) is 11.7 Å². The summed E-state index contributed by atoms with van der Waals surface area (Å²) in [5.41, 5.74) is 5.16. The predicted molar refractivity (Wildman–Crippen MR) is 132 cm³/mol. The van der Waals surface area contributed by atoms with Gasteiger partial charge in [0, 0.05) is 34.8 Å². The van der Waals surface area contributed by atoms with Crippen molar-refractivity contribution in [3.05, 3.63) is 70.5 Å². The molecule has 2 aromatic carbocycles. The quantitative estimate of drug-likeness (QED) is 0.349. The molecular formula is C28H28F4N2O4. The Kier molecular flexibility index (Phi) is 6.94. The first-order chi connectivity index (χ1) is 18.0. The largest absolute Gasteiger partial charge is 0.478 e. The van der Waals surface area contributed by atoms with E-state index in [1.54, 1.807) is 0 Å². The Balaban J connectivity index is 1.34. The molecule has 6 nitrogen and oxygen atoms in total. The second-order valence-corrected chi connectivity index (χ2v) is 10.2. The monoisotopic (exact) mass is 532 g/mol. The van der Waals surface area contributed by atoms with Gasteiger partial charge in [-0.3, -0.25) is 4.79 Å². The van der Waals surface area contributed by atoms with Crippen LogP contribution in [0.1, 0.15) is 60.0 Å². The minimum Gasteiger partial charge on any atom is -0.478 e. The number of anilines is 1. The fraction of sp³-hybridized carbons (Fsp3) is 0.429. The summed E-state index contributed by atoms with van der Waals surface area (Å²) in [6.07, 6.45) is -0.875. The molecule has 2 unspecified atom stereocenters. The third kappa shape index (κ3) is 5.14. The van der Waals surface area contributed by atoms with Crippen LogP contribution in [0.5, 0.6) is 0 Å². The number of nitrogens with zero attached hydrogens (tertiary/aromatic N) is 1. The molecule has 1 aliphatic carbocycles. The lowest BCUT2D eigenvalue weighted by atomic mass is 9.96. The van der Waals surface area contributed by atoms with E-state index in [2.05, 4.69) is 0 Å². The molecule has 2 aliphatic heterocycles. The number of rotatable bonds is 8. The minimum absolute atomic E-state index is 0.0428. The van der Waals surface area contributed by atoms with Crippen LogP contribution in [0.4, 0.5) is 23.2 Å².